The van der Waals surface area contributed by atoms with E-state index in [0.717, 1.165) is 28.8 Å². The lowest BCUT2D eigenvalue weighted by atomic mass is 9.89. The van der Waals surface area contributed by atoms with Crippen LogP contribution in [0.4, 0.5) is 0 Å². The summed E-state index contributed by atoms with van der Waals surface area (Å²) < 4.78 is 16.4. The molecule has 0 aliphatic heterocycles. The van der Waals surface area contributed by atoms with E-state index in [0.29, 0.717) is 30.1 Å². The van der Waals surface area contributed by atoms with Gasteiger partial charge in [-0.3, -0.25) is 4.79 Å². The van der Waals surface area contributed by atoms with Crippen LogP contribution in [0.15, 0.2) is 47.8 Å². The molecule has 0 bridgehead atoms. The Bertz CT molecular complexity index is 1090. The summed E-state index contributed by atoms with van der Waals surface area (Å²) in [6, 6.07) is 14.5. The van der Waals surface area contributed by atoms with Crippen LogP contribution in [0.25, 0.3) is 0 Å². The first-order valence-electron chi connectivity index (χ1n) is 11.4. The Morgan fingerprint density at radius 3 is 2.45 bits per heavy atom. The van der Waals surface area contributed by atoms with Gasteiger partial charge in [0.2, 0.25) is 11.7 Å². The number of amides is 1. The highest BCUT2D eigenvalue weighted by molar-refractivity contribution is 7.10. The number of rotatable bonds is 9. The molecule has 1 aromatic heterocycles. The number of nitrogens with one attached hydrogen (secondary N) is 1. The molecule has 3 aromatic rings. The first-order valence-corrected chi connectivity index (χ1v) is 12.2. The minimum Gasteiger partial charge on any atom is -0.493 e. The van der Waals surface area contributed by atoms with Gasteiger partial charge in [-0.2, -0.15) is 0 Å². The molecule has 174 valence electrons. The fraction of sp³-hybridized carbons (Fsp3) is 0.370. The van der Waals surface area contributed by atoms with Crippen molar-refractivity contribution in [3.8, 4) is 17.2 Å². The smallest absolute Gasteiger partial charge is 0.221 e. The second-order valence-corrected chi connectivity index (χ2v) is 9.22. The molecule has 1 amide bonds. The minimum absolute atomic E-state index is 0.00274. The predicted octanol–water partition coefficient (Wildman–Crippen LogP) is 5.49. The molecule has 1 aliphatic rings. The van der Waals surface area contributed by atoms with Crippen molar-refractivity contribution in [1.29, 1.82) is 0 Å². The fourth-order valence-electron chi connectivity index (χ4n) is 4.55. The van der Waals surface area contributed by atoms with Gasteiger partial charge in [-0.25, -0.2) is 0 Å². The van der Waals surface area contributed by atoms with Gasteiger partial charge in [-0.05, 0) is 71.9 Å². The molecular formula is C27H31NO4S. The Morgan fingerprint density at radius 1 is 0.970 bits per heavy atom. The number of carbonyl (C=O) groups is 1. The highest BCUT2D eigenvalue weighted by atomic mass is 32.1. The van der Waals surface area contributed by atoms with E-state index in [9.17, 15) is 4.79 Å². The van der Waals surface area contributed by atoms with E-state index in [-0.39, 0.29) is 11.9 Å². The van der Waals surface area contributed by atoms with Gasteiger partial charge in [0.15, 0.2) is 11.5 Å². The van der Waals surface area contributed by atoms with Gasteiger partial charge in [0.1, 0.15) is 0 Å². The number of ether oxygens (including phenoxy) is 3. The quantitative estimate of drug-likeness (QED) is 0.454. The van der Waals surface area contributed by atoms with Crippen molar-refractivity contribution < 1.29 is 19.0 Å². The van der Waals surface area contributed by atoms with E-state index >= 15 is 0 Å². The van der Waals surface area contributed by atoms with Crippen LogP contribution in [0.5, 0.6) is 17.2 Å². The summed E-state index contributed by atoms with van der Waals surface area (Å²) in [6.45, 7) is 0. The second kappa shape index (κ2) is 10.8. The van der Waals surface area contributed by atoms with Gasteiger partial charge in [0, 0.05) is 11.3 Å². The molecular weight excluding hydrogens is 434 g/mol. The summed E-state index contributed by atoms with van der Waals surface area (Å²) in [4.78, 5) is 14.2. The minimum atomic E-state index is -0.142. The number of benzene rings is 2. The maximum absolute atomic E-state index is 13.1. The maximum Gasteiger partial charge on any atom is 0.221 e. The summed E-state index contributed by atoms with van der Waals surface area (Å²) in [6.07, 6.45) is 5.65. The van der Waals surface area contributed by atoms with Crippen LogP contribution in [0, 0.1) is 0 Å². The molecule has 2 aromatic carbocycles. The average molecular weight is 466 g/mol. The zero-order chi connectivity index (χ0) is 23.2. The van der Waals surface area contributed by atoms with E-state index < -0.39 is 0 Å². The van der Waals surface area contributed by atoms with Gasteiger partial charge in [-0.15, -0.1) is 11.3 Å². The number of fused-ring (bicyclic) bond motifs is 1. The fourth-order valence-corrected chi connectivity index (χ4v) is 5.35. The standard InChI is InChI=1S/C27H31NO4S/c1-30-22-14-12-19(26(31-2)27(22)32-3)13-15-24(29)28-25(23-9-6-16-33-23)21-11-10-18-7-4-5-8-20(18)17-21/h6,9-12,14,16-17,25H,4-5,7-8,13,15H2,1-3H3,(H,28,29). The first kappa shape index (κ1) is 23.2. The summed E-state index contributed by atoms with van der Waals surface area (Å²) in [7, 11) is 4.78. The van der Waals surface area contributed by atoms with E-state index in [2.05, 4.69) is 35.0 Å². The summed E-state index contributed by atoms with van der Waals surface area (Å²) in [5, 5.41) is 5.33. The Balaban J connectivity index is 1.51. The molecule has 1 unspecified atom stereocenters. The highest BCUT2D eigenvalue weighted by Crippen LogP contribution is 2.40. The van der Waals surface area contributed by atoms with Gasteiger partial charge in [0.25, 0.3) is 0 Å². The number of methoxy groups -OCH3 is 3. The average Bonchev–Trinajstić information content (AvgIpc) is 3.39. The normalized spacial score (nSPS) is 13.7. The van der Waals surface area contributed by atoms with Crippen LogP contribution >= 0.6 is 11.3 Å². The molecule has 1 N–H and O–H groups in total. The zero-order valence-electron chi connectivity index (χ0n) is 19.5. The van der Waals surface area contributed by atoms with Crippen molar-refractivity contribution in [2.45, 2.75) is 44.6 Å². The lowest BCUT2D eigenvalue weighted by Gasteiger charge is -2.22. The van der Waals surface area contributed by atoms with Crippen molar-refractivity contribution >= 4 is 17.2 Å². The van der Waals surface area contributed by atoms with Gasteiger partial charge in [0.05, 0.1) is 27.4 Å². The SMILES string of the molecule is COc1ccc(CCC(=O)NC(c2ccc3c(c2)CCCC3)c2cccs2)c(OC)c1OC. The Labute approximate surface area is 199 Å². The predicted molar refractivity (Wildman–Crippen MR) is 132 cm³/mol. The molecule has 1 heterocycles. The monoisotopic (exact) mass is 465 g/mol. The molecule has 1 aliphatic carbocycles. The zero-order valence-corrected chi connectivity index (χ0v) is 20.3. The maximum atomic E-state index is 13.1. The lowest BCUT2D eigenvalue weighted by Crippen LogP contribution is -2.29. The first-order chi connectivity index (χ1) is 16.1. The van der Waals surface area contributed by atoms with E-state index in [1.54, 1.807) is 32.7 Å². The van der Waals surface area contributed by atoms with Crippen LogP contribution in [-0.2, 0) is 24.1 Å². The van der Waals surface area contributed by atoms with Crippen molar-refractivity contribution in [3.05, 3.63) is 75.0 Å². The molecule has 0 radical (unpaired) electrons. The number of thiophene rings is 1. The van der Waals surface area contributed by atoms with Crippen molar-refractivity contribution in [2.75, 3.05) is 21.3 Å². The summed E-state index contributed by atoms with van der Waals surface area (Å²) in [5.74, 6) is 1.76. The van der Waals surface area contributed by atoms with Crippen molar-refractivity contribution in [1.82, 2.24) is 5.32 Å². The number of hydrogen-bond donors (Lipinski definition) is 1. The third kappa shape index (κ3) is 5.17. The lowest BCUT2D eigenvalue weighted by molar-refractivity contribution is -0.121. The second-order valence-electron chi connectivity index (χ2n) is 8.24. The Morgan fingerprint density at radius 2 is 1.76 bits per heavy atom. The number of aryl methyl sites for hydroxylation is 3. The molecule has 0 saturated carbocycles. The number of hydrogen-bond acceptors (Lipinski definition) is 5. The Kier molecular flexibility index (Phi) is 7.55. The van der Waals surface area contributed by atoms with Crippen LogP contribution in [-0.4, -0.2) is 27.2 Å². The van der Waals surface area contributed by atoms with Crippen molar-refractivity contribution in [2.24, 2.45) is 0 Å². The molecule has 4 rings (SSSR count). The Hall–Kier alpha value is -2.99. The van der Waals surface area contributed by atoms with E-state index in [1.165, 1.54) is 24.0 Å². The molecule has 33 heavy (non-hydrogen) atoms. The molecule has 1 atom stereocenters. The van der Waals surface area contributed by atoms with Crippen LogP contribution < -0.4 is 19.5 Å². The molecule has 0 spiro atoms. The summed E-state index contributed by atoms with van der Waals surface area (Å²) >= 11 is 1.67. The molecule has 0 fully saturated rings. The van der Waals surface area contributed by atoms with Gasteiger partial charge < -0.3 is 19.5 Å². The summed E-state index contributed by atoms with van der Waals surface area (Å²) in [5.41, 5.74) is 4.92. The van der Waals surface area contributed by atoms with Crippen molar-refractivity contribution in [3.63, 3.8) is 0 Å². The van der Waals surface area contributed by atoms with E-state index in [1.807, 2.05) is 18.2 Å². The third-order valence-corrected chi connectivity index (χ3v) is 7.18. The molecule has 5 nitrogen and oxygen atoms in total. The van der Waals surface area contributed by atoms with Crippen LogP contribution in [0.2, 0.25) is 0 Å². The van der Waals surface area contributed by atoms with E-state index in [4.69, 9.17) is 14.2 Å². The number of carbonyl (C=O) groups excluding carboxylic acids is 1. The van der Waals surface area contributed by atoms with Gasteiger partial charge in [-0.1, -0.05) is 30.3 Å². The largest absolute Gasteiger partial charge is 0.493 e. The third-order valence-electron chi connectivity index (χ3n) is 6.25. The van der Waals surface area contributed by atoms with Crippen LogP contribution in [0.1, 0.15) is 52.4 Å². The topological polar surface area (TPSA) is 56.8 Å². The van der Waals surface area contributed by atoms with Gasteiger partial charge >= 0.3 is 0 Å². The highest BCUT2D eigenvalue weighted by Gasteiger charge is 2.21. The van der Waals surface area contributed by atoms with Crippen LogP contribution in [0.3, 0.4) is 0 Å². The molecule has 6 heteroatoms. The molecule has 0 saturated heterocycles.